The Balaban J connectivity index is 2.30. The molecule has 2 aromatic rings. The van der Waals surface area contributed by atoms with E-state index in [0.717, 1.165) is 0 Å². The van der Waals surface area contributed by atoms with Crippen molar-refractivity contribution in [3.8, 4) is 17.2 Å². The molecule has 2 aromatic carbocycles. The highest BCUT2D eigenvalue weighted by atomic mass is 16.5. The van der Waals surface area contributed by atoms with Crippen LogP contribution in [0.5, 0.6) is 17.2 Å². The highest BCUT2D eigenvalue weighted by Crippen LogP contribution is 2.37. The molecule has 2 rings (SSSR count). The minimum absolute atomic E-state index is 0.165. The summed E-state index contributed by atoms with van der Waals surface area (Å²) >= 11 is 0. The third kappa shape index (κ3) is 3.66. The van der Waals surface area contributed by atoms with E-state index in [9.17, 15) is 4.79 Å². The van der Waals surface area contributed by atoms with Crippen LogP contribution in [-0.2, 0) is 4.79 Å². The van der Waals surface area contributed by atoms with Gasteiger partial charge in [-0.25, -0.2) is 0 Å². The van der Waals surface area contributed by atoms with Gasteiger partial charge in [0.25, 0.3) is 0 Å². The average molecular weight is 286 g/mol. The van der Waals surface area contributed by atoms with Gasteiger partial charge in [-0.05, 0) is 31.2 Å². The molecule has 3 N–H and O–H groups in total. The van der Waals surface area contributed by atoms with Crippen LogP contribution in [0.4, 0.5) is 11.4 Å². The van der Waals surface area contributed by atoms with E-state index < -0.39 is 0 Å². The fourth-order valence-electron chi connectivity index (χ4n) is 1.86. The summed E-state index contributed by atoms with van der Waals surface area (Å²) in [5.41, 5.74) is 7.05. The van der Waals surface area contributed by atoms with E-state index in [1.54, 1.807) is 30.3 Å². The number of benzene rings is 2. The first-order valence-corrected chi connectivity index (χ1v) is 6.67. The van der Waals surface area contributed by atoms with Gasteiger partial charge in [0.2, 0.25) is 5.91 Å². The Morgan fingerprint density at radius 1 is 1.10 bits per heavy atom. The van der Waals surface area contributed by atoms with Crippen LogP contribution in [-0.4, -0.2) is 12.5 Å². The molecule has 0 unspecified atom stereocenters. The van der Waals surface area contributed by atoms with Crippen LogP contribution in [0.1, 0.15) is 13.8 Å². The van der Waals surface area contributed by atoms with E-state index >= 15 is 0 Å². The zero-order valence-electron chi connectivity index (χ0n) is 12.1. The molecule has 0 heterocycles. The van der Waals surface area contributed by atoms with Gasteiger partial charge in [0, 0.05) is 6.92 Å². The normalized spacial score (nSPS) is 10.0. The fourth-order valence-corrected chi connectivity index (χ4v) is 1.86. The van der Waals surface area contributed by atoms with Crippen molar-refractivity contribution < 1.29 is 14.3 Å². The molecule has 0 aromatic heterocycles. The van der Waals surface area contributed by atoms with E-state index in [2.05, 4.69) is 5.32 Å². The Hall–Kier alpha value is -2.69. The van der Waals surface area contributed by atoms with Crippen molar-refractivity contribution in [3.63, 3.8) is 0 Å². The van der Waals surface area contributed by atoms with Gasteiger partial charge in [0.1, 0.15) is 11.4 Å². The van der Waals surface area contributed by atoms with Crippen molar-refractivity contribution in [1.82, 2.24) is 0 Å². The first-order valence-electron chi connectivity index (χ1n) is 6.67. The molecule has 0 radical (unpaired) electrons. The number of hydrogen-bond donors (Lipinski definition) is 2. The Morgan fingerprint density at radius 3 is 2.48 bits per heavy atom. The van der Waals surface area contributed by atoms with Crippen LogP contribution in [0, 0.1) is 0 Å². The largest absolute Gasteiger partial charge is 0.492 e. The molecule has 21 heavy (non-hydrogen) atoms. The van der Waals surface area contributed by atoms with Crippen molar-refractivity contribution in [2.24, 2.45) is 0 Å². The molecule has 0 saturated carbocycles. The van der Waals surface area contributed by atoms with Crippen LogP contribution < -0.4 is 20.5 Å². The lowest BCUT2D eigenvalue weighted by atomic mass is 10.2. The predicted molar refractivity (Wildman–Crippen MR) is 82.8 cm³/mol. The molecule has 110 valence electrons. The van der Waals surface area contributed by atoms with E-state index in [-0.39, 0.29) is 5.91 Å². The smallest absolute Gasteiger partial charge is 0.221 e. The lowest BCUT2D eigenvalue weighted by Crippen LogP contribution is -2.07. The van der Waals surface area contributed by atoms with Crippen LogP contribution in [0.15, 0.2) is 42.5 Å². The standard InChI is InChI=1S/C16H18N2O3/c1-3-20-14-9-6-10-15(16(14)17)21-13-8-5-4-7-12(13)18-11(2)19/h4-10H,3,17H2,1-2H3,(H,18,19). The molecule has 0 aliphatic carbocycles. The number of amides is 1. The number of carbonyl (C=O) groups excluding carboxylic acids is 1. The molecule has 1 amide bonds. The molecular formula is C16H18N2O3. The SMILES string of the molecule is CCOc1cccc(Oc2ccccc2NC(C)=O)c1N. The summed E-state index contributed by atoms with van der Waals surface area (Å²) in [5, 5.41) is 2.72. The van der Waals surface area contributed by atoms with E-state index in [0.29, 0.717) is 35.2 Å². The highest BCUT2D eigenvalue weighted by molar-refractivity contribution is 5.90. The number of carbonyl (C=O) groups is 1. The van der Waals surface area contributed by atoms with E-state index in [1.165, 1.54) is 6.92 Å². The van der Waals surface area contributed by atoms with Gasteiger partial charge in [-0.1, -0.05) is 18.2 Å². The van der Waals surface area contributed by atoms with Crippen molar-refractivity contribution in [3.05, 3.63) is 42.5 Å². The molecular weight excluding hydrogens is 268 g/mol. The second-order valence-corrected chi connectivity index (χ2v) is 4.38. The van der Waals surface area contributed by atoms with Gasteiger partial charge < -0.3 is 20.5 Å². The minimum atomic E-state index is -0.165. The first-order chi connectivity index (χ1) is 10.1. The van der Waals surface area contributed by atoms with Gasteiger partial charge in [0.15, 0.2) is 11.5 Å². The number of hydrogen-bond acceptors (Lipinski definition) is 4. The Morgan fingerprint density at radius 2 is 1.76 bits per heavy atom. The lowest BCUT2D eigenvalue weighted by Gasteiger charge is -2.14. The minimum Gasteiger partial charge on any atom is -0.492 e. The fraction of sp³-hybridized carbons (Fsp3) is 0.188. The maximum absolute atomic E-state index is 11.2. The molecule has 0 fully saturated rings. The molecule has 5 nitrogen and oxygen atoms in total. The number of nitrogens with one attached hydrogen (secondary N) is 1. The number of para-hydroxylation sites is 3. The first kappa shape index (κ1) is 14.7. The van der Waals surface area contributed by atoms with Gasteiger partial charge in [-0.15, -0.1) is 0 Å². The lowest BCUT2D eigenvalue weighted by molar-refractivity contribution is -0.114. The maximum atomic E-state index is 11.2. The molecule has 0 atom stereocenters. The zero-order chi connectivity index (χ0) is 15.2. The number of rotatable bonds is 5. The van der Waals surface area contributed by atoms with Gasteiger partial charge in [0.05, 0.1) is 12.3 Å². The molecule has 5 heteroatoms. The number of nitrogens with two attached hydrogens (primary N) is 1. The third-order valence-corrected chi connectivity index (χ3v) is 2.74. The van der Waals surface area contributed by atoms with Gasteiger partial charge in [-0.3, -0.25) is 4.79 Å². The number of anilines is 2. The Bertz CT molecular complexity index is 641. The molecule has 0 saturated heterocycles. The van der Waals surface area contributed by atoms with Crippen molar-refractivity contribution in [2.75, 3.05) is 17.7 Å². The summed E-state index contributed by atoms with van der Waals surface area (Å²) in [6.45, 7) is 3.86. The quantitative estimate of drug-likeness (QED) is 0.826. The Kier molecular flexibility index (Phi) is 4.66. The maximum Gasteiger partial charge on any atom is 0.221 e. The topological polar surface area (TPSA) is 73.6 Å². The van der Waals surface area contributed by atoms with Crippen molar-refractivity contribution in [2.45, 2.75) is 13.8 Å². The number of nitrogen functional groups attached to an aromatic ring is 1. The second-order valence-electron chi connectivity index (χ2n) is 4.38. The second kappa shape index (κ2) is 6.65. The summed E-state index contributed by atoms with van der Waals surface area (Å²) < 4.78 is 11.2. The van der Waals surface area contributed by atoms with Gasteiger partial charge >= 0.3 is 0 Å². The zero-order valence-corrected chi connectivity index (χ0v) is 12.1. The molecule has 0 aliphatic heterocycles. The molecule has 0 aliphatic rings. The monoisotopic (exact) mass is 286 g/mol. The third-order valence-electron chi connectivity index (χ3n) is 2.74. The van der Waals surface area contributed by atoms with Crippen LogP contribution in [0.25, 0.3) is 0 Å². The van der Waals surface area contributed by atoms with Crippen LogP contribution in [0.2, 0.25) is 0 Å². The van der Waals surface area contributed by atoms with E-state index in [1.807, 2.05) is 19.1 Å². The Labute approximate surface area is 123 Å². The summed E-state index contributed by atoms with van der Waals surface area (Å²) in [5.74, 6) is 1.42. The van der Waals surface area contributed by atoms with Crippen molar-refractivity contribution in [1.29, 1.82) is 0 Å². The summed E-state index contributed by atoms with van der Waals surface area (Å²) in [4.78, 5) is 11.2. The van der Waals surface area contributed by atoms with Crippen LogP contribution in [0.3, 0.4) is 0 Å². The van der Waals surface area contributed by atoms with Crippen LogP contribution >= 0.6 is 0 Å². The van der Waals surface area contributed by atoms with Gasteiger partial charge in [-0.2, -0.15) is 0 Å². The predicted octanol–water partition coefficient (Wildman–Crippen LogP) is 3.42. The summed E-state index contributed by atoms with van der Waals surface area (Å²) in [6.07, 6.45) is 0. The summed E-state index contributed by atoms with van der Waals surface area (Å²) in [6, 6.07) is 12.5. The molecule has 0 spiro atoms. The number of ether oxygens (including phenoxy) is 2. The van der Waals surface area contributed by atoms with Crippen molar-refractivity contribution >= 4 is 17.3 Å². The molecule has 0 bridgehead atoms. The average Bonchev–Trinajstić information content (AvgIpc) is 2.45. The van der Waals surface area contributed by atoms with E-state index in [4.69, 9.17) is 15.2 Å². The summed E-state index contributed by atoms with van der Waals surface area (Å²) in [7, 11) is 0. The highest BCUT2D eigenvalue weighted by Gasteiger charge is 2.10.